The lowest BCUT2D eigenvalue weighted by atomic mass is 10.0. The van der Waals surface area contributed by atoms with Gasteiger partial charge in [0.25, 0.3) is 0 Å². The predicted octanol–water partition coefficient (Wildman–Crippen LogP) is 2.49. The van der Waals surface area contributed by atoms with Gasteiger partial charge in [-0.25, -0.2) is 0 Å². The Morgan fingerprint density at radius 3 is 2.03 bits per heavy atom. The summed E-state index contributed by atoms with van der Waals surface area (Å²) in [6, 6.07) is 17.2. The minimum atomic E-state index is -0.802. The van der Waals surface area contributed by atoms with Crippen LogP contribution in [0, 0.1) is 5.41 Å². The zero-order chi connectivity index (χ0) is 28.2. The maximum absolute atomic E-state index is 12.9. The molecule has 0 saturated carbocycles. The van der Waals surface area contributed by atoms with Crippen LogP contribution in [0.1, 0.15) is 37.2 Å². The second kappa shape index (κ2) is 14.6. The summed E-state index contributed by atoms with van der Waals surface area (Å²) in [5.41, 5.74) is 8.74. The van der Waals surface area contributed by atoms with Crippen molar-refractivity contribution in [3.63, 3.8) is 0 Å². The third kappa shape index (κ3) is 9.84. The van der Waals surface area contributed by atoms with Crippen molar-refractivity contribution in [2.75, 3.05) is 11.9 Å². The van der Waals surface area contributed by atoms with Crippen molar-refractivity contribution in [1.29, 1.82) is 5.41 Å². The van der Waals surface area contributed by atoms with Gasteiger partial charge < -0.3 is 21.8 Å². The van der Waals surface area contributed by atoms with Gasteiger partial charge in [0.2, 0.25) is 11.8 Å². The first kappa shape index (κ1) is 29.3. The molecule has 1 unspecified atom stereocenters. The molecule has 0 aliphatic carbocycles. The first-order valence-electron chi connectivity index (χ1n) is 12.8. The summed E-state index contributed by atoms with van der Waals surface area (Å²) in [5.74, 6) is -1.03. The number of nitrogens with two attached hydrogens (primary N) is 1. The molecule has 39 heavy (non-hydrogen) atoms. The average molecular weight is 530 g/mol. The molecule has 0 aliphatic rings. The lowest BCUT2D eigenvalue weighted by molar-refractivity contribution is -0.125. The lowest BCUT2D eigenvalue weighted by Gasteiger charge is -2.21. The second-order valence-corrected chi connectivity index (χ2v) is 9.39. The standard InChI is InChI=1S/C29H35N7O3/c1-20(30)29(39)34-21(2)28(38)26(31)14-11-22-9-12-23(13-10-22)35-27(37)19-36(17-24-7-3-5-15-32-24)18-25-8-4-6-16-33-25/h3-10,12-13,15-16,20-21,31H,11,14,17-19,30H2,1-2H3,(H,34,39)(H,35,37)/t20?,21-/m1/s1. The third-order valence-corrected chi connectivity index (χ3v) is 5.96. The zero-order valence-electron chi connectivity index (χ0n) is 22.3. The monoisotopic (exact) mass is 529 g/mol. The molecule has 0 bridgehead atoms. The smallest absolute Gasteiger partial charge is 0.238 e. The predicted molar refractivity (Wildman–Crippen MR) is 150 cm³/mol. The van der Waals surface area contributed by atoms with Crippen molar-refractivity contribution in [3.05, 3.63) is 90.0 Å². The number of aryl methyl sites for hydroxylation is 1. The largest absolute Gasteiger partial charge is 0.345 e. The number of Topliss-reactive ketones (excluding diaryl/α,β-unsaturated/α-hetero) is 1. The summed E-state index contributed by atoms with van der Waals surface area (Å²) in [4.78, 5) is 47.7. The van der Waals surface area contributed by atoms with E-state index in [4.69, 9.17) is 11.1 Å². The van der Waals surface area contributed by atoms with Gasteiger partial charge in [-0.2, -0.15) is 0 Å². The van der Waals surface area contributed by atoms with E-state index in [0.717, 1.165) is 17.0 Å². The molecule has 0 spiro atoms. The maximum atomic E-state index is 12.9. The van der Waals surface area contributed by atoms with Gasteiger partial charge in [0, 0.05) is 31.2 Å². The minimum Gasteiger partial charge on any atom is -0.345 e. The summed E-state index contributed by atoms with van der Waals surface area (Å²) in [7, 11) is 0. The van der Waals surface area contributed by atoms with Crippen LogP contribution < -0.4 is 16.4 Å². The van der Waals surface area contributed by atoms with E-state index in [1.165, 1.54) is 6.92 Å². The number of nitrogens with one attached hydrogen (secondary N) is 3. The van der Waals surface area contributed by atoms with Gasteiger partial charge in [0.1, 0.15) is 0 Å². The summed E-state index contributed by atoms with van der Waals surface area (Å²) in [5, 5.41) is 13.5. The molecule has 2 amide bonds. The molecule has 5 N–H and O–H groups in total. The van der Waals surface area contributed by atoms with Crippen LogP contribution >= 0.6 is 0 Å². The minimum absolute atomic E-state index is 0.0641. The number of hydrogen-bond donors (Lipinski definition) is 4. The van der Waals surface area contributed by atoms with Gasteiger partial charge in [-0.05, 0) is 68.7 Å². The van der Waals surface area contributed by atoms with E-state index >= 15 is 0 Å². The number of ketones is 1. The number of hydrogen-bond acceptors (Lipinski definition) is 8. The van der Waals surface area contributed by atoms with Crippen molar-refractivity contribution in [3.8, 4) is 0 Å². The van der Waals surface area contributed by atoms with E-state index in [0.29, 0.717) is 25.2 Å². The number of anilines is 1. The summed E-state index contributed by atoms with van der Waals surface area (Å²) in [6.07, 6.45) is 4.18. The van der Waals surface area contributed by atoms with Gasteiger partial charge >= 0.3 is 0 Å². The van der Waals surface area contributed by atoms with E-state index < -0.39 is 23.8 Å². The van der Waals surface area contributed by atoms with Crippen LogP contribution in [0.3, 0.4) is 0 Å². The molecule has 10 heteroatoms. The highest BCUT2D eigenvalue weighted by Crippen LogP contribution is 2.13. The summed E-state index contributed by atoms with van der Waals surface area (Å²) >= 11 is 0. The number of amides is 2. The highest BCUT2D eigenvalue weighted by atomic mass is 16.2. The van der Waals surface area contributed by atoms with Crippen LogP contribution in [-0.4, -0.2) is 56.8 Å². The number of nitrogens with zero attached hydrogens (tertiary/aromatic N) is 3. The number of rotatable bonds is 14. The van der Waals surface area contributed by atoms with Crippen molar-refractivity contribution >= 4 is 29.0 Å². The molecule has 2 aromatic heterocycles. The number of pyridine rings is 2. The number of carbonyl (C=O) groups excluding carboxylic acids is 3. The molecule has 3 rings (SSSR count). The average Bonchev–Trinajstić information content (AvgIpc) is 2.93. The van der Waals surface area contributed by atoms with Gasteiger partial charge in [-0.3, -0.25) is 29.3 Å². The van der Waals surface area contributed by atoms with Gasteiger partial charge in [-0.1, -0.05) is 24.3 Å². The first-order chi connectivity index (χ1) is 18.7. The highest BCUT2D eigenvalue weighted by molar-refractivity contribution is 6.40. The van der Waals surface area contributed by atoms with Crippen LogP contribution in [0.4, 0.5) is 5.69 Å². The quantitative estimate of drug-likeness (QED) is 0.234. The number of carbonyl (C=O) groups is 3. The molecule has 0 aliphatic heterocycles. The molecule has 1 aromatic carbocycles. The maximum Gasteiger partial charge on any atom is 0.238 e. The fourth-order valence-corrected chi connectivity index (χ4v) is 3.83. The van der Waals surface area contributed by atoms with Crippen molar-refractivity contribution in [2.45, 2.75) is 51.9 Å². The Bertz CT molecular complexity index is 1210. The molecule has 10 nitrogen and oxygen atoms in total. The van der Waals surface area contributed by atoms with E-state index in [1.54, 1.807) is 31.5 Å². The van der Waals surface area contributed by atoms with E-state index in [-0.39, 0.29) is 24.6 Å². The summed E-state index contributed by atoms with van der Waals surface area (Å²) in [6.45, 7) is 4.24. The Kier molecular flexibility index (Phi) is 11.0. The van der Waals surface area contributed by atoms with Gasteiger partial charge in [0.15, 0.2) is 5.78 Å². The molecule has 204 valence electrons. The second-order valence-electron chi connectivity index (χ2n) is 9.39. The summed E-state index contributed by atoms with van der Waals surface area (Å²) < 4.78 is 0. The van der Waals surface area contributed by atoms with Crippen LogP contribution in [0.5, 0.6) is 0 Å². The Morgan fingerprint density at radius 2 is 1.51 bits per heavy atom. The van der Waals surface area contributed by atoms with Crippen molar-refractivity contribution in [2.24, 2.45) is 5.73 Å². The molecule has 0 fully saturated rings. The van der Waals surface area contributed by atoms with Gasteiger partial charge in [0.05, 0.1) is 35.7 Å². The topological polar surface area (TPSA) is 154 Å². The third-order valence-electron chi connectivity index (χ3n) is 5.96. The van der Waals surface area contributed by atoms with Crippen LogP contribution in [-0.2, 0) is 33.9 Å². The number of benzene rings is 1. The van der Waals surface area contributed by atoms with Crippen molar-refractivity contribution < 1.29 is 14.4 Å². The highest BCUT2D eigenvalue weighted by Gasteiger charge is 2.21. The lowest BCUT2D eigenvalue weighted by Crippen LogP contribution is -2.47. The fraction of sp³-hybridized carbons (Fsp3) is 0.310. The van der Waals surface area contributed by atoms with Crippen molar-refractivity contribution in [1.82, 2.24) is 20.2 Å². The Morgan fingerprint density at radius 1 is 0.923 bits per heavy atom. The Hall–Kier alpha value is -4.28. The normalized spacial score (nSPS) is 12.4. The Labute approximate surface area is 228 Å². The van der Waals surface area contributed by atoms with Crippen LogP contribution in [0.2, 0.25) is 0 Å². The molecule has 2 atom stereocenters. The van der Waals surface area contributed by atoms with Crippen LogP contribution in [0.25, 0.3) is 0 Å². The molecular formula is C29H35N7O3. The Balaban J connectivity index is 1.52. The molecular weight excluding hydrogens is 494 g/mol. The first-order valence-corrected chi connectivity index (χ1v) is 12.8. The fourth-order valence-electron chi connectivity index (χ4n) is 3.83. The molecule has 0 radical (unpaired) electrons. The zero-order valence-corrected chi connectivity index (χ0v) is 22.3. The van der Waals surface area contributed by atoms with E-state index in [1.807, 2.05) is 53.4 Å². The molecule has 0 saturated heterocycles. The van der Waals surface area contributed by atoms with E-state index in [2.05, 4.69) is 20.6 Å². The number of aromatic nitrogens is 2. The molecule has 3 aromatic rings. The van der Waals surface area contributed by atoms with Gasteiger partial charge in [-0.15, -0.1) is 0 Å². The van der Waals surface area contributed by atoms with E-state index in [9.17, 15) is 14.4 Å². The van der Waals surface area contributed by atoms with Crippen LogP contribution in [0.15, 0.2) is 73.1 Å². The molecule has 2 heterocycles. The SMILES string of the molecule is CC(N)C(=O)N[C@H](C)C(=O)C(=N)CCc1ccc(NC(=O)CN(Cc2ccccn2)Cc2ccccn2)cc1.